The summed E-state index contributed by atoms with van der Waals surface area (Å²) in [7, 11) is -4.18. The predicted octanol–water partition coefficient (Wildman–Crippen LogP) is -1.12. The third-order valence-electron chi connectivity index (χ3n) is 3.78. The molecule has 1 fully saturated rings. The van der Waals surface area contributed by atoms with E-state index >= 15 is 0 Å². The summed E-state index contributed by atoms with van der Waals surface area (Å²) in [5, 5.41) is 20.0. The highest BCUT2D eigenvalue weighted by atomic mass is 32.2. The molecule has 23 heavy (non-hydrogen) atoms. The molecular formula is C12H22N4O6S. The van der Waals surface area contributed by atoms with Crippen LogP contribution in [0.5, 0.6) is 0 Å². The second-order valence-corrected chi connectivity index (χ2v) is 7.23. The van der Waals surface area contributed by atoms with Crippen LogP contribution in [0.2, 0.25) is 0 Å². The minimum absolute atomic E-state index is 0.0110. The topological polar surface area (TPSA) is 183 Å². The zero-order valence-corrected chi connectivity index (χ0v) is 13.3. The van der Waals surface area contributed by atoms with Gasteiger partial charge in [-0.1, -0.05) is 0 Å². The van der Waals surface area contributed by atoms with Gasteiger partial charge >= 0.3 is 5.97 Å². The fourth-order valence-corrected chi connectivity index (χ4v) is 3.43. The Hall–Kier alpha value is -1.88. The summed E-state index contributed by atoms with van der Waals surface area (Å²) in [5.41, 5.74) is 5.10. The summed E-state index contributed by atoms with van der Waals surface area (Å²) in [6, 6.07) is -1.10. The first kappa shape index (κ1) is 19.2. The van der Waals surface area contributed by atoms with Crippen molar-refractivity contribution in [3.05, 3.63) is 0 Å². The van der Waals surface area contributed by atoms with E-state index < -0.39 is 39.2 Å². The van der Waals surface area contributed by atoms with E-state index in [4.69, 9.17) is 20.8 Å². The summed E-state index contributed by atoms with van der Waals surface area (Å²) in [5.74, 6) is -2.56. The molecule has 1 saturated carbocycles. The summed E-state index contributed by atoms with van der Waals surface area (Å²) in [6.07, 6.45) is 0.986. The van der Waals surface area contributed by atoms with Crippen molar-refractivity contribution in [3.8, 4) is 0 Å². The zero-order valence-electron chi connectivity index (χ0n) is 12.5. The van der Waals surface area contributed by atoms with Gasteiger partial charge < -0.3 is 21.5 Å². The van der Waals surface area contributed by atoms with E-state index in [1.165, 1.54) is 0 Å². The van der Waals surface area contributed by atoms with Crippen molar-refractivity contribution in [2.75, 3.05) is 6.54 Å². The lowest BCUT2D eigenvalue weighted by atomic mass is 10.1. The SMILES string of the molecule is N=C(N)NCCC[C@H](NC(=O)C1CCC(S(=O)(=O)O)C1)C(=O)O. The minimum atomic E-state index is -4.18. The quantitative estimate of drug-likeness (QED) is 0.137. The van der Waals surface area contributed by atoms with Crippen LogP contribution in [0, 0.1) is 11.3 Å². The largest absolute Gasteiger partial charge is 0.480 e. The summed E-state index contributed by atoms with van der Waals surface area (Å²) in [6.45, 7) is 0.309. The Balaban J connectivity index is 2.49. The number of aliphatic carboxylic acids is 1. The predicted molar refractivity (Wildman–Crippen MR) is 81.4 cm³/mol. The summed E-state index contributed by atoms with van der Waals surface area (Å²) >= 11 is 0. The molecule has 1 rings (SSSR count). The molecule has 7 N–H and O–H groups in total. The number of guanidine groups is 1. The first-order chi connectivity index (χ1) is 10.6. The second-order valence-electron chi connectivity index (χ2n) is 5.53. The van der Waals surface area contributed by atoms with Crippen molar-refractivity contribution in [1.29, 1.82) is 5.41 Å². The van der Waals surface area contributed by atoms with Crippen LogP contribution in [0.4, 0.5) is 0 Å². The van der Waals surface area contributed by atoms with Crippen LogP contribution >= 0.6 is 0 Å². The molecule has 0 radical (unpaired) electrons. The average molecular weight is 350 g/mol. The van der Waals surface area contributed by atoms with Gasteiger partial charge in [-0.15, -0.1) is 0 Å². The number of carbonyl (C=O) groups excluding carboxylic acids is 1. The van der Waals surface area contributed by atoms with Gasteiger partial charge in [0.15, 0.2) is 5.96 Å². The van der Waals surface area contributed by atoms with E-state index in [1.54, 1.807) is 0 Å². The molecular weight excluding hydrogens is 328 g/mol. The normalized spacial score (nSPS) is 22.3. The molecule has 0 bridgehead atoms. The van der Waals surface area contributed by atoms with Crippen LogP contribution in [0.25, 0.3) is 0 Å². The Morgan fingerprint density at radius 1 is 1.35 bits per heavy atom. The van der Waals surface area contributed by atoms with Crippen molar-refractivity contribution >= 4 is 28.0 Å². The maximum absolute atomic E-state index is 12.1. The number of carbonyl (C=O) groups is 2. The van der Waals surface area contributed by atoms with Gasteiger partial charge in [0.25, 0.3) is 10.1 Å². The highest BCUT2D eigenvalue weighted by Gasteiger charge is 2.37. The van der Waals surface area contributed by atoms with Crippen molar-refractivity contribution in [2.24, 2.45) is 11.7 Å². The van der Waals surface area contributed by atoms with E-state index in [2.05, 4.69) is 10.6 Å². The van der Waals surface area contributed by atoms with Crippen molar-refractivity contribution in [3.63, 3.8) is 0 Å². The Morgan fingerprint density at radius 2 is 2.00 bits per heavy atom. The minimum Gasteiger partial charge on any atom is -0.480 e. The van der Waals surface area contributed by atoms with Gasteiger partial charge in [-0.05, 0) is 32.1 Å². The van der Waals surface area contributed by atoms with E-state index in [1.807, 2.05) is 0 Å². The Bertz CT molecular complexity index is 564. The fraction of sp³-hybridized carbons (Fsp3) is 0.750. The fourth-order valence-electron chi connectivity index (χ4n) is 2.52. The van der Waals surface area contributed by atoms with Crippen LogP contribution in [0.1, 0.15) is 32.1 Å². The molecule has 0 aliphatic heterocycles. The smallest absolute Gasteiger partial charge is 0.326 e. The summed E-state index contributed by atoms with van der Waals surface area (Å²) < 4.78 is 31.1. The molecule has 0 aromatic rings. The molecule has 2 unspecified atom stereocenters. The lowest BCUT2D eigenvalue weighted by Gasteiger charge is -2.17. The average Bonchev–Trinajstić information content (AvgIpc) is 2.91. The van der Waals surface area contributed by atoms with Gasteiger partial charge in [-0.3, -0.25) is 14.8 Å². The lowest BCUT2D eigenvalue weighted by Crippen LogP contribution is -2.44. The molecule has 3 atom stereocenters. The molecule has 0 spiro atoms. The third-order valence-corrected chi connectivity index (χ3v) is 5.05. The molecule has 0 aromatic heterocycles. The second kappa shape index (κ2) is 8.11. The van der Waals surface area contributed by atoms with E-state index in [-0.39, 0.29) is 31.6 Å². The van der Waals surface area contributed by atoms with Crippen LogP contribution in [-0.2, 0) is 19.7 Å². The molecule has 11 heteroatoms. The molecule has 132 valence electrons. The highest BCUT2D eigenvalue weighted by molar-refractivity contribution is 7.86. The van der Waals surface area contributed by atoms with Crippen molar-refractivity contribution in [2.45, 2.75) is 43.4 Å². The van der Waals surface area contributed by atoms with Gasteiger partial charge in [0.2, 0.25) is 5.91 Å². The first-order valence-electron chi connectivity index (χ1n) is 7.18. The van der Waals surface area contributed by atoms with Gasteiger partial charge in [-0.2, -0.15) is 8.42 Å². The van der Waals surface area contributed by atoms with Crippen molar-refractivity contribution < 1.29 is 27.7 Å². The number of hydrogen-bond acceptors (Lipinski definition) is 5. The molecule has 0 heterocycles. The van der Waals surface area contributed by atoms with E-state index in [9.17, 15) is 18.0 Å². The maximum Gasteiger partial charge on any atom is 0.326 e. The number of amides is 1. The third kappa shape index (κ3) is 6.40. The van der Waals surface area contributed by atoms with Crippen molar-refractivity contribution in [1.82, 2.24) is 10.6 Å². The number of nitrogens with two attached hydrogens (primary N) is 1. The van der Waals surface area contributed by atoms with Gasteiger partial charge in [0.1, 0.15) is 6.04 Å². The standard InChI is InChI=1S/C12H22N4O6S/c13-12(14)15-5-1-2-9(11(18)19)16-10(17)7-3-4-8(6-7)23(20,21)22/h7-9H,1-6H2,(H,16,17)(H,18,19)(H4,13,14,15)(H,20,21,22)/t7?,8?,9-/m0/s1. The monoisotopic (exact) mass is 350 g/mol. The number of hydrogen-bond donors (Lipinski definition) is 6. The summed E-state index contributed by atoms with van der Waals surface area (Å²) in [4.78, 5) is 23.2. The Kier molecular flexibility index (Phi) is 6.76. The van der Waals surface area contributed by atoms with Crippen LogP contribution in [0.3, 0.4) is 0 Å². The zero-order chi connectivity index (χ0) is 17.6. The van der Waals surface area contributed by atoms with Crippen LogP contribution in [0.15, 0.2) is 0 Å². The van der Waals surface area contributed by atoms with E-state index in [0.717, 1.165) is 0 Å². The lowest BCUT2D eigenvalue weighted by molar-refractivity contribution is -0.142. The number of carboxylic acid groups (broad SMARTS) is 1. The molecule has 0 saturated heterocycles. The van der Waals surface area contributed by atoms with Gasteiger partial charge in [0.05, 0.1) is 5.25 Å². The van der Waals surface area contributed by atoms with Crippen LogP contribution in [-0.4, -0.2) is 53.7 Å². The molecule has 1 amide bonds. The van der Waals surface area contributed by atoms with E-state index in [0.29, 0.717) is 13.0 Å². The Morgan fingerprint density at radius 3 is 2.48 bits per heavy atom. The number of nitrogens with one attached hydrogen (secondary N) is 3. The van der Waals surface area contributed by atoms with Crippen LogP contribution < -0.4 is 16.4 Å². The molecule has 10 nitrogen and oxygen atoms in total. The van der Waals surface area contributed by atoms with Gasteiger partial charge in [0, 0.05) is 12.5 Å². The molecule has 0 aromatic carbocycles. The number of carboxylic acids is 1. The molecule has 1 aliphatic carbocycles. The highest BCUT2D eigenvalue weighted by Crippen LogP contribution is 2.30. The Labute approximate surface area is 134 Å². The first-order valence-corrected chi connectivity index (χ1v) is 8.69. The van der Waals surface area contributed by atoms with Gasteiger partial charge in [-0.25, -0.2) is 4.79 Å². The maximum atomic E-state index is 12.1. The molecule has 1 aliphatic rings. The number of rotatable bonds is 8.